The highest BCUT2D eigenvalue weighted by molar-refractivity contribution is 6.15. The van der Waals surface area contributed by atoms with Crippen LogP contribution in [0.5, 0.6) is 5.75 Å². The Balaban J connectivity index is 1.82. The molecular weight excluding hydrogens is 264 g/mol. The Labute approximate surface area is 125 Å². The fourth-order valence-electron chi connectivity index (χ4n) is 3.41. The van der Waals surface area contributed by atoms with Gasteiger partial charge in [0.1, 0.15) is 11.5 Å². The van der Waals surface area contributed by atoms with E-state index in [9.17, 15) is 4.79 Å². The van der Waals surface area contributed by atoms with Gasteiger partial charge in [-0.2, -0.15) is 5.10 Å². The van der Waals surface area contributed by atoms with Crippen LogP contribution in [0.1, 0.15) is 39.2 Å². The monoisotopic (exact) mass is 286 g/mol. The predicted molar refractivity (Wildman–Crippen MR) is 82.6 cm³/mol. The van der Waals surface area contributed by atoms with Crippen molar-refractivity contribution < 1.29 is 9.53 Å². The summed E-state index contributed by atoms with van der Waals surface area (Å²) >= 11 is 0. The number of benzene rings is 1. The summed E-state index contributed by atoms with van der Waals surface area (Å²) in [6.07, 6.45) is 1.61. The van der Waals surface area contributed by atoms with E-state index in [2.05, 4.69) is 24.4 Å². The first-order valence-corrected chi connectivity index (χ1v) is 7.59. The van der Waals surface area contributed by atoms with Crippen LogP contribution in [-0.4, -0.2) is 24.1 Å². The average Bonchev–Trinajstić information content (AvgIpc) is 2.82. The van der Waals surface area contributed by atoms with Crippen molar-refractivity contribution in [2.45, 2.75) is 39.7 Å². The fourth-order valence-corrected chi connectivity index (χ4v) is 3.41. The topological polar surface area (TPSA) is 50.7 Å². The van der Waals surface area contributed by atoms with Crippen molar-refractivity contribution in [1.29, 1.82) is 0 Å². The van der Waals surface area contributed by atoms with Crippen LogP contribution in [0.4, 0.5) is 0 Å². The molecular formula is C17H22N2O2. The van der Waals surface area contributed by atoms with E-state index in [4.69, 9.17) is 4.74 Å². The van der Waals surface area contributed by atoms with Gasteiger partial charge < -0.3 is 10.2 Å². The molecule has 1 aliphatic carbocycles. The third-order valence-electron chi connectivity index (χ3n) is 4.28. The standard InChI is InChI=1S/C17H22N2O2/c1-4-21-12-7-5-11(6-8-12)16-15-13(18-19-16)9-17(2,3)10-14(15)20/h5-8,13,15,18H,4,9-10H2,1-3H3/t13-,15-/m1/s1. The highest BCUT2D eigenvalue weighted by Crippen LogP contribution is 2.39. The van der Waals surface area contributed by atoms with E-state index in [0.717, 1.165) is 23.4 Å². The molecule has 1 heterocycles. The van der Waals surface area contributed by atoms with E-state index in [1.54, 1.807) is 0 Å². The van der Waals surface area contributed by atoms with Crippen molar-refractivity contribution in [1.82, 2.24) is 5.43 Å². The van der Waals surface area contributed by atoms with E-state index < -0.39 is 0 Å². The summed E-state index contributed by atoms with van der Waals surface area (Å²) in [7, 11) is 0. The number of carbonyl (C=O) groups is 1. The van der Waals surface area contributed by atoms with E-state index >= 15 is 0 Å². The Morgan fingerprint density at radius 3 is 2.71 bits per heavy atom. The summed E-state index contributed by atoms with van der Waals surface area (Å²) < 4.78 is 5.46. The minimum absolute atomic E-state index is 0.0645. The molecule has 0 saturated heterocycles. The third-order valence-corrected chi connectivity index (χ3v) is 4.28. The lowest BCUT2D eigenvalue weighted by atomic mass is 9.68. The van der Waals surface area contributed by atoms with Gasteiger partial charge in [0.2, 0.25) is 0 Å². The minimum Gasteiger partial charge on any atom is -0.494 e. The lowest BCUT2D eigenvalue weighted by Crippen LogP contribution is -2.45. The number of Topliss-reactive ketones (excluding diaryl/α,β-unsaturated/α-hetero) is 1. The van der Waals surface area contributed by atoms with Crippen LogP contribution >= 0.6 is 0 Å². The summed E-state index contributed by atoms with van der Waals surface area (Å²) in [4.78, 5) is 12.5. The predicted octanol–water partition coefficient (Wildman–Crippen LogP) is 2.77. The fraction of sp³-hybridized carbons (Fsp3) is 0.529. The summed E-state index contributed by atoms with van der Waals surface area (Å²) in [5, 5.41) is 4.45. The van der Waals surface area contributed by atoms with Crippen LogP contribution in [-0.2, 0) is 4.79 Å². The second-order valence-corrected chi connectivity index (χ2v) is 6.68. The number of hydrogen-bond donors (Lipinski definition) is 1. The SMILES string of the molecule is CCOc1ccc(C2=NN[C@@H]3CC(C)(C)CC(=O)[C@H]23)cc1. The molecule has 112 valence electrons. The molecule has 1 N–H and O–H groups in total. The molecule has 0 unspecified atom stereocenters. The molecule has 2 aliphatic rings. The summed E-state index contributed by atoms with van der Waals surface area (Å²) in [5.41, 5.74) is 5.12. The maximum Gasteiger partial charge on any atom is 0.144 e. The van der Waals surface area contributed by atoms with E-state index in [1.165, 1.54) is 0 Å². The molecule has 1 saturated carbocycles. The van der Waals surface area contributed by atoms with Crippen molar-refractivity contribution in [2.75, 3.05) is 6.61 Å². The molecule has 0 bridgehead atoms. The summed E-state index contributed by atoms with van der Waals surface area (Å²) in [5.74, 6) is 1.05. The number of ether oxygens (including phenoxy) is 1. The Bertz CT molecular complexity index is 575. The van der Waals surface area contributed by atoms with Crippen molar-refractivity contribution in [3.63, 3.8) is 0 Å². The smallest absolute Gasteiger partial charge is 0.144 e. The molecule has 1 aliphatic heterocycles. The second kappa shape index (κ2) is 5.17. The highest BCUT2D eigenvalue weighted by Gasteiger charge is 2.46. The lowest BCUT2D eigenvalue weighted by Gasteiger charge is -2.36. The average molecular weight is 286 g/mol. The van der Waals surface area contributed by atoms with Gasteiger partial charge in [-0.05, 0) is 48.6 Å². The summed E-state index contributed by atoms with van der Waals surface area (Å²) in [6.45, 7) is 6.92. The molecule has 4 nitrogen and oxygen atoms in total. The van der Waals surface area contributed by atoms with Gasteiger partial charge in [-0.25, -0.2) is 0 Å². The molecule has 4 heteroatoms. The zero-order chi connectivity index (χ0) is 15.0. The van der Waals surface area contributed by atoms with Gasteiger partial charge in [0, 0.05) is 6.42 Å². The third kappa shape index (κ3) is 2.67. The van der Waals surface area contributed by atoms with E-state index in [-0.39, 0.29) is 17.4 Å². The molecule has 2 atom stereocenters. The van der Waals surface area contributed by atoms with Crippen LogP contribution in [0.3, 0.4) is 0 Å². The first-order chi connectivity index (χ1) is 10.00. The minimum atomic E-state index is -0.101. The Morgan fingerprint density at radius 1 is 1.33 bits per heavy atom. The molecule has 0 radical (unpaired) electrons. The largest absolute Gasteiger partial charge is 0.494 e. The number of rotatable bonds is 3. The number of ketones is 1. The molecule has 0 spiro atoms. The van der Waals surface area contributed by atoms with E-state index in [1.807, 2.05) is 31.2 Å². The molecule has 1 aromatic rings. The van der Waals surface area contributed by atoms with Gasteiger partial charge >= 0.3 is 0 Å². The Morgan fingerprint density at radius 2 is 2.05 bits per heavy atom. The first-order valence-electron chi connectivity index (χ1n) is 7.59. The zero-order valence-electron chi connectivity index (χ0n) is 12.8. The molecule has 0 aromatic heterocycles. The van der Waals surface area contributed by atoms with Crippen LogP contribution in [0.2, 0.25) is 0 Å². The van der Waals surface area contributed by atoms with Crippen molar-refractivity contribution in [3.8, 4) is 5.75 Å². The van der Waals surface area contributed by atoms with Gasteiger partial charge in [0.15, 0.2) is 0 Å². The number of fused-ring (bicyclic) bond motifs is 1. The number of nitrogens with zero attached hydrogens (tertiary/aromatic N) is 1. The van der Waals surface area contributed by atoms with Crippen LogP contribution in [0.25, 0.3) is 0 Å². The number of carbonyl (C=O) groups excluding carboxylic acids is 1. The number of hydrazone groups is 1. The molecule has 1 aromatic carbocycles. The van der Waals surface area contributed by atoms with Gasteiger partial charge in [-0.15, -0.1) is 0 Å². The molecule has 21 heavy (non-hydrogen) atoms. The molecule has 1 fully saturated rings. The van der Waals surface area contributed by atoms with Gasteiger partial charge in [0.05, 0.1) is 24.3 Å². The highest BCUT2D eigenvalue weighted by atomic mass is 16.5. The van der Waals surface area contributed by atoms with Crippen molar-refractivity contribution in [2.24, 2.45) is 16.4 Å². The molecule has 0 amide bonds. The lowest BCUT2D eigenvalue weighted by molar-refractivity contribution is -0.126. The second-order valence-electron chi connectivity index (χ2n) is 6.68. The van der Waals surface area contributed by atoms with Crippen LogP contribution in [0.15, 0.2) is 29.4 Å². The van der Waals surface area contributed by atoms with Crippen molar-refractivity contribution >= 4 is 11.5 Å². The number of nitrogens with one attached hydrogen (secondary N) is 1. The maximum absolute atomic E-state index is 12.5. The van der Waals surface area contributed by atoms with Crippen LogP contribution in [0, 0.1) is 11.3 Å². The zero-order valence-corrected chi connectivity index (χ0v) is 12.8. The normalized spacial score (nSPS) is 26.8. The quantitative estimate of drug-likeness (QED) is 0.929. The summed E-state index contributed by atoms with van der Waals surface area (Å²) in [6, 6.07) is 7.99. The van der Waals surface area contributed by atoms with Crippen LogP contribution < -0.4 is 10.2 Å². The number of hydrogen-bond acceptors (Lipinski definition) is 4. The molecule has 3 rings (SSSR count). The van der Waals surface area contributed by atoms with Gasteiger partial charge in [-0.1, -0.05) is 13.8 Å². The Hall–Kier alpha value is -1.84. The van der Waals surface area contributed by atoms with Gasteiger partial charge in [-0.3, -0.25) is 4.79 Å². The first kappa shape index (κ1) is 14.1. The Kier molecular flexibility index (Phi) is 3.47. The van der Waals surface area contributed by atoms with Crippen molar-refractivity contribution in [3.05, 3.63) is 29.8 Å². The van der Waals surface area contributed by atoms with E-state index in [0.29, 0.717) is 18.8 Å². The van der Waals surface area contributed by atoms with Gasteiger partial charge in [0.25, 0.3) is 0 Å². The maximum atomic E-state index is 12.5.